The number of ether oxygens (including phenoxy) is 5. The second-order valence-electron chi connectivity index (χ2n) is 7.73. The third-order valence-electron chi connectivity index (χ3n) is 5.59. The Kier molecular flexibility index (Phi) is 5.47. The van der Waals surface area contributed by atoms with E-state index in [1.54, 1.807) is 13.2 Å². The molecule has 2 aromatic carbocycles. The molecular weight excluding hydrogens is 466 g/mol. The van der Waals surface area contributed by atoms with Gasteiger partial charge in [-0.25, -0.2) is 0 Å². The molecule has 0 saturated carbocycles. The second kappa shape index (κ2) is 8.27. The van der Waals surface area contributed by atoms with E-state index < -0.39 is 0 Å². The average molecular weight is 488 g/mol. The van der Waals surface area contributed by atoms with Crippen molar-refractivity contribution in [2.45, 2.75) is 20.1 Å². The van der Waals surface area contributed by atoms with E-state index >= 15 is 0 Å². The first kappa shape index (κ1) is 20.5. The van der Waals surface area contributed by atoms with E-state index in [-0.39, 0.29) is 18.3 Å². The maximum Gasteiger partial charge on any atom is 0.232 e. The van der Waals surface area contributed by atoms with Gasteiger partial charge >= 0.3 is 0 Å². The Morgan fingerprint density at radius 1 is 1.23 bits per heavy atom. The lowest BCUT2D eigenvalue weighted by Crippen LogP contribution is -2.34. The van der Waals surface area contributed by atoms with Crippen molar-refractivity contribution < 1.29 is 28.5 Å². The number of allylic oxidation sites excluding steroid dienone is 1. The van der Waals surface area contributed by atoms with Crippen LogP contribution >= 0.6 is 15.9 Å². The molecule has 3 aliphatic rings. The van der Waals surface area contributed by atoms with Crippen molar-refractivity contribution in [3.8, 4) is 17.2 Å². The highest BCUT2D eigenvalue weighted by atomic mass is 79.9. The third-order valence-corrected chi connectivity index (χ3v) is 6.05. The molecule has 8 heteroatoms. The molecule has 0 N–H and O–H groups in total. The maximum absolute atomic E-state index is 13.3. The fourth-order valence-corrected chi connectivity index (χ4v) is 4.62. The Morgan fingerprint density at radius 3 is 2.94 bits per heavy atom. The van der Waals surface area contributed by atoms with Crippen LogP contribution in [0.5, 0.6) is 17.2 Å². The molecule has 0 bridgehead atoms. The number of Topliss-reactive ketones (excluding diaryl/α,β-unsaturated/α-hetero) is 1. The number of fused-ring (bicyclic) bond motifs is 4. The van der Waals surface area contributed by atoms with Crippen LogP contribution in [0.4, 0.5) is 0 Å². The molecule has 0 atom stereocenters. The molecule has 0 radical (unpaired) electrons. The zero-order chi connectivity index (χ0) is 21.5. The van der Waals surface area contributed by atoms with Gasteiger partial charge < -0.3 is 23.7 Å². The van der Waals surface area contributed by atoms with Crippen LogP contribution in [0.1, 0.15) is 32.6 Å². The number of hydrogen-bond acceptors (Lipinski definition) is 7. The number of methoxy groups -OCH3 is 1. The molecule has 0 unspecified atom stereocenters. The summed E-state index contributed by atoms with van der Waals surface area (Å²) in [5.41, 5.74) is 4.02. The first-order valence-electron chi connectivity index (χ1n) is 10.0. The molecule has 3 heterocycles. The molecule has 7 nitrogen and oxygen atoms in total. The first-order valence-corrected chi connectivity index (χ1v) is 10.8. The maximum atomic E-state index is 13.3. The van der Waals surface area contributed by atoms with Gasteiger partial charge in [0, 0.05) is 35.8 Å². The summed E-state index contributed by atoms with van der Waals surface area (Å²) in [6, 6.07) is 5.79. The summed E-state index contributed by atoms with van der Waals surface area (Å²) < 4.78 is 29.2. The molecule has 31 heavy (non-hydrogen) atoms. The van der Waals surface area contributed by atoms with E-state index in [0.29, 0.717) is 43.6 Å². The molecule has 3 aliphatic heterocycles. The second-order valence-corrected chi connectivity index (χ2v) is 8.64. The van der Waals surface area contributed by atoms with Crippen molar-refractivity contribution in [1.29, 1.82) is 0 Å². The van der Waals surface area contributed by atoms with E-state index in [9.17, 15) is 4.79 Å². The van der Waals surface area contributed by atoms with Crippen molar-refractivity contribution in [3.63, 3.8) is 0 Å². The van der Waals surface area contributed by atoms with Crippen LogP contribution in [0.2, 0.25) is 0 Å². The molecule has 5 rings (SSSR count). The number of ketones is 1. The van der Waals surface area contributed by atoms with Gasteiger partial charge in [-0.2, -0.15) is 0 Å². The van der Waals surface area contributed by atoms with Crippen LogP contribution in [0, 0.1) is 6.92 Å². The largest absolute Gasteiger partial charge is 0.478 e. The molecule has 0 aliphatic carbocycles. The number of halogens is 1. The van der Waals surface area contributed by atoms with Crippen LogP contribution in [0.15, 0.2) is 28.4 Å². The average Bonchev–Trinajstić information content (AvgIpc) is 3.09. The van der Waals surface area contributed by atoms with Crippen molar-refractivity contribution in [2.24, 2.45) is 0 Å². The van der Waals surface area contributed by atoms with Gasteiger partial charge in [-0.05, 0) is 36.8 Å². The van der Waals surface area contributed by atoms with E-state index in [1.165, 1.54) is 0 Å². The molecule has 0 aromatic heterocycles. The number of benzene rings is 2. The Hall–Kier alpha value is -2.39. The van der Waals surface area contributed by atoms with E-state index in [2.05, 4.69) is 20.8 Å². The molecular formula is C23H22BrNO6. The van der Waals surface area contributed by atoms with E-state index in [0.717, 1.165) is 39.0 Å². The lowest BCUT2D eigenvalue weighted by atomic mass is 9.98. The fraction of sp³-hybridized carbons (Fsp3) is 0.348. The Balaban J connectivity index is 1.52. The van der Waals surface area contributed by atoms with Crippen LogP contribution in [-0.4, -0.2) is 44.5 Å². The number of nitrogens with zero attached hydrogens (tertiary/aromatic N) is 1. The van der Waals surface area contributed by atoms with Crippen LogP contribution in [0.3, 0.4) is 0 Å². The lowest BCUT2D eigenvalue weighted by molar-refractivity contribution is -0.0165. The fourth-order valence-electron chi connectivity index (χ4n) is 4.10. The molecule has 0 saturated heterocycles. The van der Waals surface area contributed by atoms with Gasteiger partial charge in [-0.3, -0.25) is 9.69 Å². The minimum absolute atomic E-state index is 0.134. The highest BCUT2D eigenvalue weighted by molar-refractivity contribution is 9.10. The summed E-state index contributed by atoms with van der Waals surface area (Å²) in [5.74, 6) is 2.20. The summed E-state index contributed by atoms with van der Waals surface area (Å²) in [7, 11) is 1.68. The number of aryl methyl sites for hydroxylation is 1. The zero-order valence-electron chi connectivity index (χ0n) is 17.3. The van der Waals surface area contributed by atoms with Gasteiger partial charge in [0.05, 0.1) is 24.3 Å². The van der Waals surface area contributed by atoms with E-state index in [4.69, 9.17) is 23.7 Å². The van der Waals surface area contributed by atoms with Gasteiger partial charge in [0.25, 0.3) is 0 Å². The standard InChI is InChI=1S/C23H22BrNO6/c1-13-5-18-17(9-25(11-29-18)3-4-27-2)23-20(13)21(26)19(31-23)8-14-6-16(24)7-15-10-28-12-30-22(14)15/h5-8H,3-4,9-12H2,1-2H3/b19-8-. The number of carbonyl (C=O) groups excluding carboxylic acids is 1. The highest BCUT2D eigenvalue weighted by Crippen LogP contribution is 2.44. The smallest absolute Gasteiger partial charge is 0.232 e. The normalized spacial score (nSPS) is 18.7. The highest BCUT2D eigenvalue weighted by Gasteiger charge is 2.35. The Morgan fingerprint density at radius 2 is 2.10 bits per heavy atom. The third kappa shape index (κ3) is 3.74. The topological polar surface area (TPSA) is 66.5 Å². The molecule has 162 valence electrons. The summed E-state index contributed by atoms with van der Waals surface area (Å²) >= 11 is 3.52. The van der Waals surface area contributed by atoms with Gasteiger partial charge in [0.15, 0.2) is 12.6 Å². The molecule has 2 aromatic rings. The predicted octanol–water partition coefficient (Wildman–Crippen LogP) is 4.04. The monoisotopic (exact) mass is 487 g/mol. The van der Waals surface area contributed by atoms with Gasteiger partial charge in [0.1, 0.15) is 24.0 Å². The van der Waals surface area contributed by atoms with E-state index in [1.807, 2.05) is 25.1 Å². The summed E-state index contributed by atoms with van der Waals surface area (Å²) in [4.78, 5) is 15.4. The Labute approximate surface area is 188 Å². The summed E-state index contributed by atoms with van der Waals surface area (Å²) in [5, 5.41) is 0. The SMILES string of the molecule is COCCN1COc2cc(C)c3c(c2C1)O/C(=C\c1cc(Br)cc2c1OCOC2)C3=O. The lowest BCUT2D eigenvalue weighted by Gasteiger charge is -2.29. The van der Waals surface area contributed by atoms with Gasteiger partial charge in [-0.15, -0.1) is 0 Å². The quantitative estimate of drug-likeness (QED) is 0.602. The van der Waals surface area contributed by atoms with Crippen molar-refractivity contribution in [3.05, 3.63) is 56.2 Å². The molecule has 0 amide bonds. The zero-order valence-corrected chi connectivity index (χ0v) is 18.9. The summed E-state index contributed by atoms with van der Waals surface area (Å²) in [6.07, 6.45) is 1.75. The first-order chi connectivity index (χ1) is 15.0. The van der Waals surface area contributed by atoms with Crippen LogP contribution in [0.25, 0.3) is 6.08 Å². The van der Waals surface area contributed by atoms with Crippen molar-refractivity contribution in [1.82, 2.24) is 4.90 Å². The minimum Gasteiger partial charge on any atom is -0.478 e. The minimum atomic E-state index is -0.134. The summed E-state index contributed by atoms with van der Waals surface area (Å²) in [6.45, 7) is 5.01. The predicted molar refractivity (Wildman–Crippen MR) is 116 cm³/mol. The Bertz CT molecular complexity index is 1100. The number of hydrogen-bond donors (Lipinski definition) is 0. The van der Waals surface area contributed by atoms with Crippen molar-refractivity contribution >= 4 is 27.8 Å². The van der Waals surface area contributed by atoms with Gasteiger partial charge in [0.2, 0.25) is 5.78 Å². The number of carbonyl (C=O) groups is 1. The van der Waals surface area contributed by atoms with Crippen molar-refractivity contribution in [2.75, 3.05) is 33.8 Å². The van der Waals surface area contributed by atoms with Crippen LogP contribution in [-0.2, 0) is 22.6 Å². The molecule has 0 spiro atoms. The molecule has 0 fully saturated rings. The van der Waals surface area contributed by atoms with Crippen LogP contribution < -0.4 is 14.2 Å². The number of rotatable bonds is 4. The van der Waals surface area contributed by atoms with Gasteiger partial charge in [-0.1, -0.05) is 15.9 Å².